The normalized spacial score (nSPS) is 11.1. The van der Waals surface area contributed by atoms with Crippen LogP contribution in [0.25, 0.3) is 0 Å². The molecule has 0 aromatic heterocycles. The molecule has 8 heteroatoms. The molecular weight excluding hydrogens is 578 g/mol. The fourth-order valence-electron chi connectivity index (χ4n) is 5.67. The summed E-state index contributed by atoms with van der Waals surface area (Å²) >= 11 is 0. The van der Waals surface area contributed by atoms with Crippen molar-refractivity contribution in [3.8, 4) is 0 Å². The zero-order valence-corrected chi connectivity index (χ0v) is 30.4. The highest BCUT2D eigenvalue weighted by atomic mass is 16.5. The Kier molecular flexibility index (Phi) is 34.9. The van der Waals surface area contributed by atoms with Gasteiger partial charge in [0.05, 0.1) is 26.4 Å². The largest absolute Gasteiger partial charge is 0.481 e. The molecule has 1 amide bonds. The van der Waals surface area contributed by atoms with Crippen LogP contribution in [0, 0.1) is 5.41 Å². The first-order chi connectivity index (χ1) is 22.5. The van der Waals surface area contributed by atoms with Crippen LogP contribution in [0.4, 0.5) is 0 Å². The number of ether oxygens (including phenoxy) is 2. The zero-order valence-electron chi connectivity index (χ0n) is 30.4. The molecule has 272 valence electrons. The summed E-state index contributed by atoms with van der Waals surface area (Å²) in [5.74, 6) is 0.142. The lowest BCUT2D eigenvalue weighted by Crippen LogP contribution is -2.40. The molecule has 0 aromatic carbocycles. The minimum absolute atomic E-state index is 0.0164. The molecule has 0 aliphatic rings. The lowest BCUT2D eigenvalue weighted by atomic mass is 10.1. The van der Waals surface area contributed by atoms with Gasteiger partial charge in [0.2, 0.25) is 5.91 Å². The smallest absolute Gasteiger partial charge is 0.305 e. The van der Waals surface area contributed by atoms with Crippen molar-refractivity contribution >= 4 is 17.8 Å². The summed E-state index contributed by atoms with van der Waals surface area (Å²) in [7, 11) is 0. The van der Waals surface area contributed by atoms with Crippen molar-refractivity contribution in [2.75, 3.05) is 46.0 Å². The monoisotopic (exact) mass is 654 g/mol. The van der Waals surface area contributed by atoms with Crippen molar-refractivity contribution in [3.63, 3.8) is 0 Å². The number of nitrogens with zero attached hydrogens (tertiary/aromatic N) is 1. The van der Waals surface area contributed by atoms with Crippen LogP contribution in [0.5, 0.6) is 0 Å². The molecule has 0 saturated heterocycles. The van der Waals surface area contributed by atoms with Crippen LogP contribution in [0.3, 0.4) is 0 Å². The van der Waals surface area contributed by atoms with Gasteiger partial charge in [-0.15, -0.1) is 0 Å². The minimum Gasteiger partial charge on any atom is -0.481 e. The summed E-state index contributed by atoms with van der Waals surface area (Å²) in [5, 5.41) is 20.1. The predicted octanol–water partition coefficient (Wildman–Crippen LogP) is 9.12. The van der Waals surface area contributed by atoms with Gasteiger partial charge in [0.15, 0.2) is 5.90 Å². The van der Waals surface area contributed by atoms with Crippen LogP contribution in [0.1, 0.15) is 181 Å². The SMILES string of the molecule is CCCCCCCCCCCCCC(=N)OCCCN(CCCOC(=O)CCCCCCCCCCCCC)C(=O)CNCCO. The van der Waals surface area contributed by atoms with Gasteiger partial charge >= 0.3 is 5.97 Å². The van der Waals surface area contributed by atoms with E-state index in [0.717, 1.165) is 25.7 Å². The number of hydrogen-bond acceptors (Lipinski definition) is 7. The van der Waals surface area contributed by atoms with Crippen molar-refractivity contribution in [2.45, 2.75) is 181 Å². The maximum atomic E-state index is 12.7. The number of hydrogen-bond donors (Lipinski definition) is 3. The first kappa shape index (κ1) is 44.3. The van der Waals surface area contributed by atoms with Crippen molar-refractivity contribution in [1.29, 1.82) is 5.41 Å². The van der Waals surface area contributed by atoms with Gasteiger partial charge in [-0.05, 0) is 25.7 Å². The Morgan fingerprint density at radius 3 is 1.46 bits per heavy atom. The van der Waals surface area contributed by atoms with E-state index in [2.05, 4.69) is 19.2 Å². The molecule has 0 aliphatic carbocycles. The molecule has 0 saturated carbocycles. The maximum absolute atomic E-state index is 12.7. The number of aliphatic hydroxyl groups excluding tert-OH is 1. The van der Waals surface area contributed by atoms with Gasteiger partial charge in [0, 0.05) is 32.5 Å². The Morgan fingerprint density at radius 2 is 1.00 bits per heavy atom. The van der Waals surface area contributed by atoms with E-state index in [9.17, 15) is 9.59 Å². The topological polar surface area (TPSA) is 112 Å². The average Bonchev–Trinajstić information content (AvgIpc) is 3.05. The number of carbonyl (C=O) groups is 2. The third-order valence-corrected chi connectivity index (χ3v) is 8.59. The van der Waals surface area contributed by atoms with Crippen LogP contribution < -0.4 is 5.32 Å². The first-order valence-electron chi connectivity index (χ1n) is 19.5. The van der Waals surface area contributed by atoms with E-state index in [1.165, 1.54) is 116 Å². The molecule has 0 heterocycles. The predicted molar refractivity (Wildman–Crippen MR) is 193 cm³/mol. The van der Waals surface area contributed by atoms with Crippen molar-refractivity contribution < 1.29 is 24.2 Å². The molecule has 0 spiro atoms. The minimum atomic E-state index is -0.150. The van der Waals surface area contributed by atoms with Crippen molar-refractivity contribution in [3.05, 3.63) is 0 Å². The second-order valence-corrected chi connectivity index (χ2v) is 13.1. The van der Waals surface area contributed by atoms with Crippen LogP contribution in [0.15, 0.2) is 0 Å². The van der Waals surface area contributed by atoms with E-state index < -0.39 is 0 Å². The van der Waals surface area contributed by atoms with E-state index in [1.54, 1.807) is 4.90 Å². The van der Waals surface area contributed by atoms with Gasteiger partial charge in [-0.3, -0.25) is 15.0 Å². The number of carbonyl (C=O) groups excluding carboxylic acids is 2. The Labute approximate surface area is 284 Å². The summed E-state index contributed by atoms with van der Waals surface area (Å²) in [5.41, 5.74) is 0. The van der Waals surface area contributed by atoms with Gasteiger partial charge in [-0.25, -0.2) is 0 Å². The van der Waals surface area contributed by atoms with E-state index in [4.69, 9.17) is 20.0 Å². The number of rotatable bonds is 36. The van der Waals surface area contributed by atoms with Gasteiger partial charge < -0.3 is 24.8 Å². The molecule has 3 N–H and O–H groups in total. The van der Waals surface area contributed by atoms with Crippen LogP contribution in [-0.4, -0.2) is 73.8 Å². The fourth-order valence-corrected chi connectivity index (χ4v) is 5.67. The highest BCUT2D eigenvalue weighted by molar-refractivity contribution is 5.78. The van der Waals surface area contributed by atoms with E-state index in [-0.39, 0.29) is 25.0 Å². The molecule has 8 nitrogen and oxygen atoms in total. The average molecular weight is 654 g/mol. The third-order valence-electron chi connectivity index (χ3n) is 8.59. The first-order valence-corrected chi connectivity index (χ1v) is 19.5. The molecule has 46 heavy (non-hydrogen) atoms. The molecular formula is C38H75N3O5. The molecule has 0 radical (unpaired) electrons. The van der Waals surface area contributed by atoms with E-state index in [1.807, 2.05) is 0 Å². The van der Waals surface area contributed by atoms with Crippen LogP contribution >= 0.6 is 0 Å². The molecule has 0 atom stereocenters. The highest BCUT2D eigenvalue weighted by Crippen LogP contribution is 2.13. The highest BCUT2D eigenvalue weighted by Gasteiger charge is 2.13. The Bertz CT molecular complexity index is 645. The number of amides is 1. The Morgan fingerprint density at radius 1 is 0.587 bits per heavy atom. The molecule has 0 fully saturated rings. The fraction of sp³-hybridized carbons (Fsp3) is 0.921. The summed E-state index contributed by atoms with van der Waals surface area (Å²) < 4.78 is 11.1. The second-order valence-electron chi connectivity index (χ2n) is 13.1. The van der Waals surface area contributed by atoms with Crippen LogP contribution in [0.2, 0.25) is 0 Å². The molecule has 0 unspecified atom stereocenters. The Hall–Kier alpha value is -1.67. The van der Waals surface area contributed by atoms with Crippen LogP contribution in [-0.2, 0) is 19.1 Å². The summed E-state index contributed by atoms with van der Waals surface area (Å²) in [6.07, 6.45) is 30.3. The standard InChI is InChI=1S/C38H75N3O5/c1-3-5-7-9-11-13-15-17-19-21-23-27-36(39)45-33-25-30-41(37(43)35-40-29-32-42)31-26-34-46-38(44)28-24-22-20-18-16-14-12-10-8-6-4-2/h39-40,42H,3-35H2,1-2H3. The lowest BCUT2D eigenvalue weighted by Gasteiger charge is -2.23. The quantitative estimate of drug-likeness (QED) is 0.0269. The van der Waals surface area contributed by atoms with Crippen molar-refractivity contribution in [2.24, 2.45) is 0 Å². The van der Waals surface area contributed by atoms with E-state index >= 15 is 0 Å². The number of nitrogens with one attached hydrogen (secondary N) is 2. The van der Waals surface area contributed by atoms with Gasteiger partial charge in [-0.2, -0.15) is 0 Å². The molecule has 0 rings (SSSR count). The lowest BCUT2D eigenvalue weighted by molar-refractivity contribution is -0.144. The summed E-state index contributed by atoms with van der Waals surface area (Å²) in [6.45, 7) is 6.78. The molecule has 0 aliphatic heterocycles. The molecule has 0 bridgehead atoms. The zero-order chi connectivity index (χ0) is 33.8. The van der Waals surface area contributed by atoms with E-state index in [0.29, 0.717) is 64.4 Å². The number of esters is 1. The Balaban J connectivity index is 3.98. The molecule has 0 aromatic rings. The second kappa shape index (κ2) is 36.2. The number of aliphatic hydroxyl groups is 1. The number of unbranched alkanes of at least 4 members (excludes halogenated alkanes) is 20. The summed E-state index contributed by atoms with van der Waals surface area (Å²) in [4.78, 5) is 26.6. The van der Waals surface area contributed by atoms with Gasteiger partial charge in [0.25, 0.3) is 0 Å². The van der Waals surface area contributed by atoms with Crippen molar-refractivity contribution in [1.82, 2.24) is 10.2 Å². The van der Waals surface area contributed by atoms with Gasteiger partial charge in [-0.1, -0.05) is 142 Å². The van der Waals surface area contributed by atoms with Gasteiger partial charge in [0.1, 0.15) is 0 Å². The summed E-state index contributed by atoms with van der Waals surface area (Å²) in [6, 6.07) is 0. The maximum Gasteiger partial charge on any atom is 0.305 e. The third kappa shape index (κ3) is 32.3.